The third-order valence-corrected chi connectivity index (χ3v) is 4.19. The lowest BCUT2D eigenvalue weighted by atomic mass is 10.2. The van der Waals surface area contributed by atoms with Crippen LogP contribution in [0.1, 0.15) is 30.6 Å². The van der Waals surface area contributed by atoms with E-state index >= 15 is 0 Å². The van der Waals surface area contributed by atoms with Gasteiger partial charge in [0.2, 0.25) is 0 Å². The molecular weight excluding hydrogens is 306 g/mol. The molecule has 1 aliphatic heterocycles. The molecule has 19 heavy (non-hydrogen) atoms. The molecule has 5 heteroatoms. The Kier molecular flexibility index (Phi) is 4.93. The molecule has 0 aromatic carbocycles. The number of hydrogen-bond donors (Lipinski definition) is 0. The number of nitrogens with zero attached hydrogens (tertiary/aromatic N) is 3. The highest BCUT2D eigenvalue weighted by Gasteiger charge is 2.29. The van der Waals surface area contributed by atoms with Gasteiger partial charge in [-0.2, -0.15) is 0 Å². The van der Waals surface area contributed by atoms with Crippen molar-refractivity contribution in [3.05, 3.63) is 28.5 Å². The lowest BCUT2D eigenvalue weighted by Crippen LogP contribution is -2.38. The first-order valence-electron chi connectivity index (χ1n) is 6.80. The van der Waals surface area contributed by atoms with Crippen LogP contribution in [0.15, 0.2) is 22.9 Å². The summed E-state index contributed by atoms with van der Waals surface area (Å²) in [5.41, 5.74) is 0.710. The molecule has 1 fully saturated rings. The molecule has 104 valence electrons. The molecule has 0 aliphatic carbocycles. The van der Waals surface area contributed by atoms with Crippen molar-refractivity contribution in [3.8, 4) is 0 Å². The second kappa shape index (κ2) is 6.48. The third kappa shape index (κ3) is 3.34. The normalized spacial score (nSPS) is 19.2. The number of amides is 1. The summed E-state index contributed by atoms with van der Waals surface area (Å²) in [6.45, 7) is 8.12. The van der Waals surface area contributed by atoms with Crippen molar-refractivity contribution < 1.29 is 4.79 Å². The highest BCUT2D eigenvalue weighted by molar-refractivity contribution is 9.10. The van der Waals surface area contributed by atoms with E-state index in [0.29, 0.717) is 16.2 Å². The number of halogens is 1. The molecule has 0 N–H and O–H groups in total. The van der Waals surface area contributed by atoms with E-state index in [0.717, 1.165) is 32.6 Å². The second-order valence-electron chi connectivity index (χ2n) is 4.78. The monoisotopic (exact) mass is 325 g/mol. The van der Waals surface area contributed by atoms with E-state index in [4.69, 9.17) is 0 Å². The largest absolute Gasteiger partial charge is 0.337 e. The van der Waals surface area contributed by atoms with Crippen LogP contribution in [0.25, 0.3) is 0 Å². The zero-order valence-electron chi connectivity index (χ0n) is 11.5. The van der Waals surface area contributed by atoms with Crippen LogP contribution in [0, 0.1) is 0 Å². The number of rotatable bonds is 4. The molecule has 0 saturated carbocycles. The minimum Gasteiger partial charge on any atom is -0.337 e. The first kappa shape index (κ1) is 14.5. The van der Waals surface area contributed by atoms with Crippen molar-refractivity contribution in [2.45, 2.75) is 26.3 Å². The molecule has 2 heterocycles. The van der Waals surface area contributed by atoms with Gasteiger partial charge in [-0.25, -0.2) is 4.98 Å². The maximum Gasteiger partial charge on any atom is 0.254 e. The molecule has 1 aromatic heterocycles. The Morgan fingerprint density at radius 1 is 1.53 bits per heavy atom. The van der Waals surface area contributed by atoms with Gasteiger partial charge in [-0.1, -0.05) is 13.8 Å². The topological polar surface area (TPSA) is 36.4 Å². The predicted octanol–water partition coefficient (Wildman–Crippen LogP) is 2.40. The highest BCUT2D eigenvalue weighted by atomic mass is 79.9. The van der Waals surface area contributed by atoms with E-state index in [2.05, 4.69) is 39.7 Å². The van der Waals surface area contributed by atoms with Crippen molar-refractivity contribution >= 4 is 21.8 Å². The fourth-order valence-corrected chi connectivity index (χ4v) is 3.05. The van der Waals surface area contributed by atoms with E-state index in [1.54, 1.807) is 18.3 Å². The summed E-state index contributed by atoms with van der Waals surface area (Å²) in [5.74, 6) is 0.109. The van der Waals surface area contributed by atoms with Crippen molar-refractivity contribution in [1.29, 1.82) is 0 Å². The number of pyridine rings is 1. The Labute approximate surface area is 122 Å². The highest BCUT2D eigenvalue weighted by Crippen LogP contribution is 2.19. The van der Waals surface area contributed by atoms with Gasteiger partial charge < -0.3 is 4.90 Å². The van der Waals surface area contributed by atoms with E-state index in [1.807, 2.05) is 4.90 Å². The van der Waals surface area contributed by atoms with Crippen molar-refractivity contribution in [2.75, 3.05) is 26.2 Å². The SMILES string of the molecule is CCN(CC)C1CCN(C(=O)c2ccnc(Br)c2)C1. The van der Waals surface area contributed by atoms with Crippen molar-refractivity contribution in [3.63, 3.8) is 0 Å². The smallest absolute Gasteiger partial charge is 0.254 e. The molecule has 1 unspecified atom stereocenters. The molecule has 0 radical (unpaired) electrons. The van der Waals surface area contributed by atoms with E-state index in [1.165, 1.54) is 0 Å². The standard InChI is InChI=1S/C14H20BrN3O/c1-3-17(4-2)12-6-8-18(10-12)14(19)11-5-7-16-13(15)9-11/h5,7,9,12H,3-4,6,8,10H2,1-2H3. The molecule has 1 aliphatic rings. The number of carbonyl (C=O) groups is 1. The van der Waals surface area contributed by atoms with Gasteiger partial charge >= 0.3 is 0 Å². The van der Waals surface area contributed by atoms with Crippen LogP contribution in [0.5, 0.6) is 0 Å². The van der Waals surface area contributed by atoms with Gasteiger partial charge in [0.25, 0.3) is 5.91 Å². The summed E-state index contributed by atoms with van der Waals surface area (Å²) < 4.78 is 0.706. The van der Waals surface area contributed by atoms with E-state index in [9.17, 15) is 4.79 Å². The Balaban J connectivity index is 2.02. The fourth-order valence-electron chi connectivity index (χ4n) is 2.68. The van der Waals surface area contributed by atoms with Crippen LogP contribution in [-0.4, -0.2) is 52.9 Å². The predicted molar refractivity (Wildman–Crippen MR) is 79.2 cm³/mol. The third-order valence-electron chi connectivity index (χ3n) is 3.75. The minimum atomic E-state index is 0.109. The fraction of sp³-hybridized carbons (Fsp3) is 0.571. The number of likely N-dealkylation sites (N-methyl/N-ethyl adjacent to an activating group) is 1. The number of hydrogen-bond acceptors (Lipinski definition) is 3. The zero-order chi connectivity index (χ0) is 13.8. The molecule has 1 amide bonds. The molecule has 0 bridgehead atoms. The van der Waals surface area contributed by atoms with Crippen LogP contribution < -0.4 is 0 Å². The minimum absolute atomic E-state index is 0.109. The zero-order valence-corrected chi connectivity index (χ0v) is 13.1. The summed E-state index contributed by atoms with van der Waals surface area (Å²) in [6, 6.07) is 4.06. The summed E-state index contributed by atoms with van der Waals surface area (Å²) in [6.07, 6.45) is 2.73. The average Bonchev–Trinajstić information content (AvgIpc) is 2.89. The van der Waals surface area contributed by atoms with E-state index < -0.39 is 0 Å². The maximum atomic E-state index is 12.4. The average molecular weight is 326 g/mol. The van der Waals surface area contributed by atoms with Gasteiger partial charge in [-0.15, -0.1) is 0 Å². The summed E-state index contributed by atoms with van der Waals surface area (Å²) in [4.78, 5) is 20.8. The van der Waals surface area contributed by atoms with Gasteiger partial charge in [-0.3, -0.25) is 9.69 Å². The van der Waals surface area contributed by atoms with Gasteiger partial charge in [0.05, 0.1) is 0 Å². The van der Waals surface area contributed by atoms with Gasteiger partial charge in [0.15, 0.2) is 0 Å². The van der Waals surface area contributed by atoms with Crippen molar-refractivity contribution in [1.82, 2.24) is 14.8 Å². The van der Waals surface area contributed by atoms with Gasteiger partial charge in [0.1, 0.15) is 4.60 Å². The quantitative estimate of drug-likeness (QED) is 0.797. The number of likely N-dealkylation sites (tertiary alicyclic amines) is 1. The van der Waals surface area contributed by atoms with Crippen LogP contribution in [-0.2, 0) is 0 Å². The molecule has 1 atom stereocenters. The molecular formula is C14H20BrN3O. The maximum absolute atomic E-state index is 12.4. The molecule has 4 nitrogen and oxygen atoms in total. The molecule has 1 saturated heterocycles. The lowest BCUT2D eigenvalue weighted by molar-refractivity contribution is 0.0778. The number of aromatic nitrogens is 1. The molecule has 0 spiro atoms. The van der Waals surface area contributed by atoms with Crippen LogP contribution in [0.2, 0.25) is 0 Å². The first-order valence-corrected chi connectivity index (χ1v) is 7.59. The van der Waals surface area contributed by atoms with Crippen LogP contribution >= 0.6 is 15.9 Å². The lowest BCUT2D eigenvalue weighted by Gasteiger charge is -2.26. The summed E-state index contributed by atoms with van der Waals surface area (Å²) in [5, 5.41) is 0. The second-order valence-corrected chi connectivity index (χ2v) is 5.59. The Morgan fingerprint density at radius 2 is 2.26 bits per heavy atom. The number of carbonyl (C=O) groups excluding carboxylic acids is 1. The molecule has 1 aromatic rings. The van der Waals surface area contributed by atoms with E-state index in [-0.39, 0.29) is 5.91 Å². The molecule has 2 rings (SSSR count). The summed E-state index contributed by atoms with van der Waals surface area (Å²) in [7, 11) is 0. The Morgan fingerprint density at radius 3 is 2.89 bits per heavy atom. The Bertz CT molecular complexity index is 448. The summed E-state index contributed by atoms with van der Waals surface area (Å²) >= 11 is 3.31. The van der Waals surface area contributed by atoms with Gasteiger partial charge in [0, 0.05) is 30.9 Å². The Hall–Kier alpha value is -0.940. The van der Waals surface area contributed by atoms with Crippen LogP contribution in [0.3, 0.4) is 0 Å². The van der Waals surface area contributed by atoms with Gasteiger partial charge in [-0.05, 0) is 47.6 Å². The first-order chi connectivity index (χ1) is 9.15. The van der Waals surface area contributed by atoms with Crippen LogP contribution in [0.4, 0.5) is 0 Å². The van der Waals surface area contributed by atoms with Crippen molar-refractivity contribution in [2.24, 2.45) is 0 Å².